The number of benzene rings is 1. The first kappa shape index (κ1) is 19.8. The van der Waals surface area contributed by atoms with Gasteiger partial charge in [-0.05, 0) is 30.5 Å². The predicted octanol–water partition coefficient (Wildman–Crippen LogP) is 3.62. The van der Waals surface area contributed by atoms with E-state index in [0.29, 0.717) is 16.9 Å². The molecule has 0 radical (unpaired) electrons. The highest BCUT2D eigenvalue weighted by Gasteiger charge is 2.36. The predicted molar refractivity (Wildman–Crippen MR) is 90.3 cm³/mol. The lowest BCUT2D eigenvalue weighted by molar-refractivity contribution is -0.431. The van der Waals surface area contributed by atoms with Crippen LogP contribution in [0.2, 0.25) is 5.02 Å². The second kappa shape index (κ2) is 9.17. The van der Waals surface area contributed by atoms with E-state index >= 15 is 0 Å². The molecule has 1 aromatic carbocycles. The highest BCUT2D eigenvalue weighted by atomic mass is 35.5. The summed E-state index contributed by atoms with van der Waals surface area (Å²) in [4.78, 5) is 34.2. The maximum Gasteiger partial charge on any atom is 0.337 e. The maximum absolute atomic E-state index is 11.7. The summed E-state index contributed by atoms with van der Waals surface area (Å²) >= 11 is 5.87. The summed E-state index contributed by atoms with van der Waals surface area (Å²) in [5, 5.41) is 12.0. The second-order valence-corrected chi connectivity index (χ2v) is 6.00. The number of allylic oxidation sites excluding steroid dienone is 1. The van der Waals surface area contributed by atoms with Gasteiger partial charge in [0.2, 0.25) is 0 Å². The van der Waals surface area contributed by atoms with Crippen LogP contribution in [0.3, 0.4) is 0 Å². The van der Waals surface area contributed by atoms with Crippen LogP contribution in [0.1, 0.15) is 32.3 Å². The maximum atomic E-state index is 11.7. The third-order valence-corrected chi connectivity index (χ3v) is 3.87. The molecule has 0 fully saturated rings. The molecule has 0 saturated heterocycles. The number of aldehydes is 1. The number of hydrogen-bond acceptors (Lipinski definition) is 5. The number of carbonyl (C=O) groups is 2. The lowest BCUT2D eigenvalue weighted by Crippen LogP contribution is -2.25. The van der Waals surface area contributed by atoms with E-state index in [9.17, 15) is 19.7 Å². The zero-order valence-corrected chi connectivity index (χ0v) is 14.5. The van der Waals surface area contributed by atoms with Crippen LogP contribution in [-0.2, 0) is 14.3 Å². The fraction of sp³-hybridized carbons (Fsp3) is 0.412. The van der Waals surface area contributed by atoms with Gasteiger partial charge in [0.1, 0.15) is 6.29 Å². The Bertz CT molecular complexity index is 624. The van der Waals surface area contributed by atoms with Crippen molar-refractivity contribution in [1.29, 1.82) is 0 Å². The molecule has 0 heterocycles. The zero-order valence-electron chi connectivity index (χ0n) is 13.8. The Hall–Kier alpha value is -2.21. The zero-order chi connectivity index (χ0) is 18.3. The normalized spacial score (nSPS) is 14.1. The van der Waals surface area contributed by atoms with Crippen molar-refractivity contribution in [3.05, 3.63) is 56.7 Å². The van der Waals surface area contributed by atoms with E-state index in [1.54, 1.807) is 45.0 Å². The molecule has 0 saturated carbocycles. The molecule has 0 N–H and O–H groups in total. The molecule has 0 aromatic heterocycles. The van der Waals surface area contributed by atoms with Crippen LogP contribution in [0.5, 0.6) is 0 Å². The molecule has 1 rings (SSSR count). The molecular formula is C17H20ClNO5. The molecule has 0 aliphatic carbocycles. The van der Waals surface area contributed by atoms with Gasteiger partial charge in [0, 0.05) is 10.9 Å². The van der Waals surface area contributed by atoms with Gasteiger partial charge in [-0.2, -0.15) is 0 Å². The Morgan fingerprint density at radius 2 is 1.92 bits per heavy atom. The fourth-order valence-electron chi connectivity index (χ4n) is 2.44. The minimum atomic E-state index is -0.876. The monoisotopic (exact) mass is 353 g/mol. The first-order valence-electron chi connectivity index (χ1n) is 7.55. The summed E-state index contributed by atoms with van der Waals surface area (Å²) < 4.78 is 4.77. The van der Waals surface area contributed by atoms with Crippen LogP contribution in [0.25, 0.3) is 0 Å². The van der Waals surface area contributed by atoms with E-state index in [4.69, 9.17) is 16.3 Å². The van der Waals surface area contributed by atoms with Crippen molar-refractivity contribution in [1.82, 2.24) is 0 Å². The highest BCUT2D eigenvalue weighted by molar-refractivity contribution is 6.30. The standard InChI is InChI=1S/C17H20ClNO5/c1-4-24-16(21)9-15(19(22)23)17(14(10-20)11(2)3)12-5-7-13(18)8-6-12/h5-11,14,17H,4H2,1-3H3/b15-9-/t14-,17-/m1/s1. The molecule has 0 unspecified atom stereocenters. The molecule has 0 amide bonds. The minimum absolute atomic E-state index is 0.104. The molecular weight excluding hydrogens is 334 g/mol. The molecule has 0 aliphatic rings. The lowest BCUT2D eigenvalue weighted by Gasteiger charge is -2.24. The van der Waals surface area contributed by atoms with Crippen molar-refractivity contribution in [3.63, 3.8) is 0 Å². The quantitative estimate of drug-likeness (QED) is 0.234. The lowest BCUT2D eigenvalue weighted by atomic mass is 9.78. The summed E-state index contributed by atoms with van der Waals surface area (Å²) in [5.74, 6) is -2.51. The molecule has 0 spiro atoms. The van der Waals surface area contributed by atoms with E-state index in [0.717, 1.165) is 6.08 Å². The average Bonchev–Trinajstić information content (AvgIpc) is 2.51. The van der Waals surface area contributed by atoms with Gasteiger partial charge in [-0.1, -0.05) is 37.6 Å². The van der Waals surface area contributed by atoms with Gasteiger partial charge in [-0.25, -0.2) is 4.79 Å². The molecule has 1 aromatic rings. The topological polar surface area (TPSA) is 86.5 Å². The van der Waals surface area contributed by atoms with Gasteiger partial charge in [0.25, 0.3) is 5.70 Å². The Labute approximate surface area is 145 Å². The molecule has 130 valence electrons. The van der Waals surface area contributed by atoms with Crippen LogP contribution in [-0.4, -0.2) is 23.8 Å². The molecule has 0 aliphatic heterocycles. The Balaban J connectivity index is 3.47. The Morgan fingerprint density at radius 1 is 1.33 bits per heavy atom. The van der Waals surface area contributed by atoms with Gasteiger partial charge in [-0.15, -0.1) is 0 Å². The minimum Gasteiger partial charge on any atom is -0.463 e. The molecule has 2 atom stereocenters. The highest BCUT2D eigenvalue weighted by Crippen LogP contribution is 2.36. The van der Waals surface area contributed by atoms with Crippen molar-refractivity contribution in [2.24, 2.45) is 11.8 Å². The second-order valence-electron chi connectivity index (χ2n) is 5.57. The van der Waals surface area contributed by atoms with Gasteiger partial charge in [-0.3, -0.25) is 10.1 Å². The van der Waals surface area contributed by atoms with Gasteiger partial charge in [0.15, 0.2) is 0 Å². The Kier molecular flexibility index (Phi) is 7.58. The van der Waals surface area contributed by atoms with Crippen LogP contribution < -0.4 is 0 Å². The summed E-state index contributed by atoms with van der Waals surface area (Å²) in [6.07, 6.45) is 1.54. The van der Waals surface area contributed by atoms with E-state index in [1.165, 1.54) is 0 Å². The third kappa shape index (κ3) is 5.16. The molecule has 24 heavy (non-hydrogen) atoms. The molecule has 6 nitrogen and oxygen atoms in total. The average molecular weight is 354 g/mol. The fourth-order valence-corrected chi connectivity index (χ4v) is 2.57. The van der Waals surface area contributed by atoms with Gasteiger partial charge >= 0.3 is 5.97 Å². The number of ether oxygens (including phenoxy) is 1. The molecule has 0 bridgehead atoms. The van der Waals surface area contributed by atoms with E-state index in [-0.39, 0.29) is 18.2 Å². The van der Waals surface area contributed by atoms with Crippen LogP contribution in [0, 0.1) is 22.0 Å². The number of nitrogens with zero attached hydrogens (tertiary/aromatic N) is 1. The van der Waals surface area contributed by atoms with E-state index < -0.39 is 22.7 Å². The number of carbonyl (C=O) groups excluding carboxylic acids is 2. The van der Waals surface area contributed by atoms with Crippen LogP contribution in [0.4, 0.5) is 0 Å². The van der Waals surface area contributed by atoms with Gasteiger partial charge in [0.05, 0.1) is 23.5 Å². The van der Waals surface area contributed by atoms with Crippen LogP contribution >= 0.6 is 11.6 Å². The summed E-state index contributed by atoms with van der Waals surface area (Å²) in [5.41, 5.74) is 0.166. The van der Waals surface area contributed by atoms with Crippen molar-refractivity contribution >= 4 is 23.9 Å². The number of hydrogen-bond donors (Lipinski definition) is 0. The van der Waals surface area contributed by atoms with Crippen molar-refractivity contribution in [2.45, 2.75) is 26.7 Å². The number of rotatable bonds is 8. The number of esters is 1. The van der Waals surface area contributed by atoms with E-state index in [2.05, 4.69) is 0 Å². The third-order valence-electron chi connectivity index (χ3n) is 3.62. The van der Waals surface area contributed by atoms with E-state index in [1.807, 2.05) is 0 Å². The SMILES string of the molecule is CCOC(=O)/C=C(/[C@H](c1ccc(Cl)cc1)[C@H](C=O)C(C)C)[N+](=O)[O-]. The first-order chi connectivity index (χ1) is 11.3. The van der Waals surface area contributed by atoms with Crippen molar-refractivity contribution < 1.29 is 19.2 Å². The number of nitro groups is 1. The summed E-state index contributed by atoms with van der Waals surface area (Å²) in [7, 11) is 0. The van der Waals surface area contributed by atoms with Crippen molar-refractivity contribution in [2.75, 3.05) is 6.61 Å². The number of halogens is 1. The largest absolute Gasteiger partial charge is 0.463 e. The molecule has 7 heteroatoms. The first-order valence-corrected chi connectivity index (χ1v) is 7.93. The van der Waals surface area contributed by atoms with Gasteiger partial charge < -0.3 is 9.53 Å². The smallest absolute Gasteiger partial charge is 0.337 e. The summed E-state index contributed by atoms with van der Waals surface area (Å²) in [6, 6.07) is 6.42. The summed E-state index contributed by atoms with van der Waals surface area (Å²) in [6.45, 7) is 5.30. The Morgan fingerprint density at radius 3 is 2.33 bits per heavy atom. The van der Waals surface area contributed by atoms with Crippen molar-refractivity contribution in [3.8, 4) is 0 Å². The van der Waals surface area contributed by atoms with Crippen LogP contribution in [0.15, 0.2) is 36.0 Å².